The standard InChI is InChI=1S/C20H19ClN6S/c1-11(2)28-20-19(22)24-18(15-6-8-27(3)26-15)17(25-20)13-9-12-5-4-7-23-16(12)14(21)10-13/h4-11H,1-3H3,(H2,22,24). The number of pyridine rings is 1. The van der Waals surface area contributed by atoms with E-state index in [0.29, 0.717) is 38.2 Å². The first-order chi connectivity index (χ1) is 13.4. The molecular formula is C20H19ClN6S. The predicted molar refractivity (Wildman–Crippen MR) is 115 cm³/mol. The monoisotopic (exact) mass is 410 g/mol. The Kier molecular flexibility index (Phi) is 4.95. The van der Waals surface area contributed by atoms with Crippen molar-refractivity contribution >= 4 is 40.1 Å². The third-order valence-electron chi connectivity index (χ3n) is 4.12. The van der Waals surface area contributed by atoms with E-state index in [1.54, 1.807) is 22.6 Å². The van der Waals surface area contributed by atoms with Crippen LogP contribution in [0.4, 0.5) is 5.82 Å². The molecule has 0 atom stereocenters. The van der Waals surface area contributed by atoms with Crippen LogP contribution in [0, 0.1) is 0 Å². The van der Waals surface area contributed by atoms with Crippen molar-refractivity contribution in [3.63, 3.8) is 0 Å². The predicted octanol–water partition coefficient (Wildman–Crippen LogP) is 4.83. The molecule has 8 heteroatoms. The fourth-order valence-corrected chi connectivity index (χ4v) is 3.98. The van der Waals surface area contributed by atoms with Gasteiger partial charge in [-0.15, -0.1) is 0 Å². The summed E-state index contributed by atoms with van der Waals surface area (Å²) in [6, 6.07) is 9.65. The van der Waals surface area contributed by atoms with E-state index in [4.69, 9.17) is 22.3 Å². The summed E-state index contributed by atoms with van der Waals surface area (Å²) in [5.74, 6) is 0.400. The van der Waals surface area contributed by atoms with Crippen molar-refractivity contribution in [3.05, 3.63) is 47.7 Å². The van der Waals surface area contributed by atoms with Gasteiger partial charge in [0.1, 0.15) is 16.4 Å². The van der Waals surface area contributed by atoms with Gasteiger partial charge in [0.05, 0.1) is 16.2 Å². The van der Waals surface area contributed by atoms with Crippen LogP contribution in [0.25, 0.3) is 33.5 Å². The number of hydrogen-bond donors (Lipinski definition) is 1. The number of anilines is 1. The quantitative estimate of drug-likeness (QED) is 0.485. The molecule has 3 heterocycles. The smallest absolute Gasteiger partial charge is 0.156 e. The molecule has 0 aliphatic heterocycles. The molecule has 3 aromatic heterocycles. The molecule has 4 rings (SSSR count). The first kappa shape index (κ1) is 18.7. The Morgan fingerprint density at radius 1 is 1.14 bits per heavy atom. The van der Waals surface area contributed by atoms with E-state index in [1.165, 1.54) is 0 Å². The summed E-state index contributed by atoms with van der Waals surface area (Å²) in [6.45, 7) is 4.19. The maximum absolute atomic E-state index is 6.51. The first-order valence-electron chi connectivity index (χ1n) is 8.81. The molecule has 0 radical (unpaired) electrons. The van der Waals surface area contributed by atoms with Gasteiger partial charge >= 0.3 is 0 Å². The Bertz CT molecular complexity index is 1170. The molecule has 2 N–H and O–H groups in total. The summed E-state index contributed by atoms with van der Waals surface area (Å²) in [5, 5.41) is 7.02. The molecule has 0 unspecified atom stereocenters. The lowest BCUT2D eigenvalue weighted by Gasteiger charge is -2.13. The Hall–Kier alpha value is -2.64. The Morgan fingerprint density at radius 2 is 1.96 bits per heavy atom. The molecule has 0 saturated heterocycles. The largest absolute Gasteiger partial charge is 0.381 e. The zero-order valence-corrected chi connectivity index (χ0v) is 17.3. The molecular weight excluding hydrogens is 392 g/mol. The second kappa shape index (κ2) is 7.41. The molecule has 0 saturated carbocycles. The summed E-state index contributed by atoms with van der Waals surface area (Å²) < 4.78 is 1.73. The maximum Gasteiger partial charge on any atom is 0.156 e. The van der Waals surface area contributed by atoms with Crippen molar-refractivity contribution in [1.29, 1.82) is 0 Å². The molecule has 0 amide bonds. The zero-order chi connectivity index (χ0) is 19.8. The summed E-state index contributed by atoms with van der Waals surface area (Å²) in [4.78, 5) is 13.9. The van der Waals surface area contributed by atoms with Crippen LogP contribution in [0.1, 0.15) is 13.8 Å². The number of halogens is 1. The van der Waals surface area contributed by atoms with Crippen LogP contribution < -0.4 is 5.73 Å². The van der Waals surface area contributed by atoms with Gasteiger partial charge in [0.25, 0.3) is 0 Å². The molecule has 4 aromatic rings. The van der Waals surface area contributed by atoms with Gasteiger partial charge < -0.3 is 5.73 Å². The maximum atomic E-state index is 6.51. The summed E-state index contributed by atoms with van der Waals surface area (Å²) in [7, 11) is 1.86. The van der Waals surface area contributed by atoms with E-state index in [2.05, 4.69) is 28.9 Å². The highest BCUT2D eigenvalue weighted by Crippen LogP contribution is 2.36. The highest BCUT2D eigenvalue weighted by atomic mass is 35.5. The van der Waals surface area contributed by atoms with Crippen molar-refractivity contribution in [2.24, 2.45) is 7.05 Å². The van der Waals surface area contributed by atoms with Gasteiger partial charge in [-0.05, 0) is 24.3 Å². The summed E-state index contributed by atoms with van der Waals surface area (Å²) in [6.07, 6.45) is 3.60. The highest BCUT2D eigenvalue weighted by molar-refractivity contribution is 7.99. The van der Waals surface area contributed by atoms with Crippen molar-refractivity contribution in [3.8, 4) is 22.6 Å². The van der Waals surface area contributed by atoms with Gasteiger partial charge in [0, 0.05) is 35.6 Å². The van der Waals surface area contributed by atoms with Gasteiger partial charge in [0.2, 0.25) is 0 Å². The minimum atomic E-state index is 0.328. The molecule has 142 valence electrons. The van der Waals surface area contributed by atoms with Crippen LogP contribution in [0.2, 0.25) is 5.02 Å². The fourth-order valence-electron chi connectivity index (χ4n) is 2.95. The number of fused-ring (bicyclic) bond motifs is 1. The normalized spacial score (nSPS) is 11.5. The van der Waals surface area contributed by atoms with Gasteiger partial charge in [-0.2, -0.15) is 5.10 Å². The van der Waals surface area contributed by atoms with Crippen molar-refractivity contribution in [2.45, 2.75) is 24.1 Å². The molecule has 1 aromatic carbocycles. The molecule has 6 nitrogen and oxygen atoms in total. The van der Waals surface area contributed by atoms with Crippen LogP contribution in [-0.4, -0.2) is 30.0 Å². The SMILES string of the molecule is CC(C)Sc1nc(-c2cc(Cl)c3ncccc3c2)c(-c2ccn(C)n2)nc1N. The Balaban J connectivity index is 1.98. The van der Waals surface area contributed by atoms with Gasteiger partial charge in [-0.3, -0.25) is 9.67 Å². The molecule has 0 fully saturated rings. The number of hydrogen-bond acceptors (Lipinski definition) is 6. The van der Waals surface area contributed by atoms with E-state index < -0.39 is 0 Å². The van der Waals surface area contributed by atoms with E-state index in [-0.39, 0.29) is 0 Å². The number of nitrogens with zero attached hydrogens (tertiary/aromatic N) is 5. The van der Waals surface area contributed by atoms with Gasteiger partial charge in [-0.1, -0.05) is 43.3 Å². The van der Waals surface area contributed by atoms with E-state index in [0.717, 1.165) is 16.5 Å². The van der Waals surface area contributed by atoms with Crippen molar-refractivity contribution < 1.29 is 0 Å². The summed E-state index contributed by atoms with van der Waals surface area (Å²) in [5.41, 5.74) is 9.86. The van der Waals surface area contributed by atoms with Crippen LogP contribution in [0.15, 0.2) is 47.8 Å². The minimum Gasteiger partial charge on any atom is -0.381 e. The highest BCUT2D eigenvalue weighted by Gasteiger charge is 2.19. The second-order valence-electron chi connectivity index (χ2n) is 6.69. The lowest BCUT2D eigenvalue weighted by molar-refractivity contribution is 0.769. The lowest BCUT2D eigenvalue weighted by Crippen LogP contribution is -2.04. The Labute approximate surface area is 172 Å². The van der Waals surface area contributed by atoms with Crippen LogP contribution in [0.3, 0.4) is 0 Å². The van der Waals surface area contributed by atoms with Gasteiger partial charge in [-0.25, -0.2) is 9.97 Å². The number of nitrogen functional groups attached to an aromatic ring is 1. The fraction of sp³-hybridized carbons (Fsp3) is 0.200. The van der Waals surface area contributed by atoms with Gasteiger partial charge in [0.15, 0.2) is 5.82 Å². The van der Waals surface area contributed by atoms with Crippen LogP contribution >= 0.6 is 23.4 Å². The van der Waals surface area contributed by atoms with Crippen LogP contribution in [0.5, 0.6) is 0 Å². The average Bonchev–Trinajstić information content (AvgIpc) is 3.09. The lowest BCUT2D eigenvalue weighted by atomic mass is 10.0. The molecule has 0 spiro atoms. The third kappa shape index (κ3) is 3.55. The number of aromatic nitrogens is 5. The molecule has 0 aliphatic carbocycles. The van der Waals surface area contributed by atoms with Crippen LogP contribution in [-0.2, 0) is 7.05 Å². The Morgan fingerprint density at radius 3 is 2.68 bits per heavy atom. The molecule has 0 bridgehead atoms. The van der Waals surface area contributed by atoms with Crippen molar-refractivity contribution in [1.82, 2.24) is 24.7 Å². The number of rotatable bonds is 4. The summed E-state index contributed by atoms with van der Waals surface area (Å²) >= 11 is 8.09. The topological polar surface area (TPSA) is 82.5 Å². The van der Waals surface area contributed by atoms with Crippen molar-refractivity contribution in [2.75, 3.05) is 5.73 Å². The number of thioether (sulfide) groups is 1. The number of nitrogens with two attached hydrogens (primary N) is 1. The number of aryl methyl sites for hydroxylation is 1. The third-order valence-corrected chi connectivity index (χ3v) is 5.41. The van der Waals surface area contributed by atoms with E-state index in [9.17, 15) is 0 Å². The van der Waals surface area contributed by atoms with E-state index >= 15 is 0 Å². The second-order valence-corrected chi connectivity index (χ2v) is 8.66. The first-order valence-corrected chi connectivity index (χ1v) is 10.1. The zero-order valence-electron chi connectivity index (χ0n) is 15.7. The van der Waals surface area contributed by atoms with E-state index in [1.807, 2.05) is 43.6 Å². The molecule has 0 aliphatic rings. The average molecular weight is 411 g/mol. The minimum absolute atomic E-state index is 0.328. The number of benzene rings is 1. The molecule has 28 heavy (non-hydrogen) atoms.